The van der Waals surface area contributed by atoms with Crippen LogP contribution in [0.3, 0.4) is 0 Å². The van der Waals surface area contributed by atoms with Crippen LogP contribution in [0.25, 0.3) is 5.52 Å². The maximum Gasteiger partial charge on any atom is 0.142 e. The van der Waals surface area contributed by atoms with E-state index < -0.39 is 0 Å². The van der Waals surface area contributed by atoms with E-state index in [9.17, 15) is 4.39 Å². The number of rotatable bonds is 0. The van der Waals surface area contributed by atoms with Gasteiger partial charge in [0.2, 0.25) is 0 Å². The summed E-state index contributed by atoms with van der Waals surface area (Å²) in [6, 6.07) is 1.43. The summed E-state index contributed by atoms with van der Waals surface area (Å²) in [5, 5.41) is 3.99. The second-order valence-corrected chi connectivity index (χ2v) is 3.48. The lowest BCUT2D eigenvalue weighted by Crippen LogP contribution is -1.89. The first-order valence-corrected chi connectivity index (χ1v) is 4.27. The summed E-state index contributed by atoms with van der Waals surface area (Å²) in [5.74, 6) is -0.294. The van der Waals surface area contributed by atoms with Crippen LogP contribution in [0.5, 0.6) is 0 Å². The second kappa shape index (κ2) is 2.55. The quantitative estimate of drug-likeness (QED) is 0.678. The van der Waals surface area contributed by atoms with Crippen LogP contribution in [0, 0.1) is 12.7 Å². The number of pyridine rings is 1. The topological polar surface area (TPSA) is 17.3 Å². The molecule has 0 saturated heterocycles. The average Bonchev–Trinajstić information content (AvgIpc) is 2.31. The zero-order valence-corrected chi connectivity index (χ0v) is 7.97. The van der Waals surface area contributed by atoms with Crippen molar-refractivity contribution in [3.8, 4) is 0 Å². The molecule has 0 N–H and O–H groups in total. The largest absolute Gasteiger partial charge is 0.237 e. The van der Waals surface area contributed by atoms with Crippen molar-refractivity contribution in [2.75, 3.05) is 0 Å². The Bertz CT molecular complexity index is 436. The van der Waals surface area contributed by atoms with E-state index in [2.05, 4.69) is 21.0 Å². The molecule has 2 aromatic rings. The van der Waals surface area contributed by atoms with Gasteiger partial charge in [-0.05, 0) is 34.5 Å². The standard InChI is InChI=1S/C8H6BrFN2/c1-5-3-11-12-4-6(10)2-7(9)8(5)12/h2-4H,1H3. The van der Waals surface area contributed by atoms with Gasteiger partial charge in [0, 0.05) is 4.47 Å². The normalized spacial score (nSPS) is 10.9. The Morgan fingerprint density at radius 2 is 2.33 bits per heavy atom. The number of fused-ring (bicyclic) bond motifs is 1. The van der Waals surface area contributed by atoms with Crippen LogP contribution in [0.1, 0.15) is 5.56 Å². The molecule has 0 fully saturated rings. The molecule has 0 aliphatic carbocycles. The van der Waals surface area contributed by atoms with Gasteiger partial charge in [0.15, 0.2) is 0 Å². The van der Waals surface area contributed by atoms with Gasteiger partial charge in [0.25, 0.3) is 0 Å². The van der Waals surface area contributed by atoms with Crippen LogP contribution >= 0.6 is 15.9 Å². The summed E-state index contributed by atoms with van der Waals surface area (Å²) in [6.45, 7) is 1.94. The molecule has 0 bridgehead atoms. The molecular weight excluding hydrogens is 223 g/mol. The molecule has 0 aliphatic rings. The monoisotopic (exact) mass is 228 g/mol. The van der Waals surface area contributed by atoms with Crippen molar-refractivity contribution in [3.05, 3.63) is 34.3 Å². The van der Waals surface area contributed by atoms with Crippen LogP contribution in [0.15, 0.2) is 22.9 Å². The predicted octanol–water partition coefficient (Wildman–Crippen LogP) is 2.54. The minimum absolute atomic E-state index is 0.294. The van der Waals surface area contributed by atoms with Crippen molar-refractivity contribution < 1.29 is 4.39 Å². The first-order valence-electron chi connectivity index (χ1n) is 3.47. The number of halogens is 2. The van der Waals surface area contributed by atoms with E-state index in [1.165, 1.54) is 16.8 Å². The van der Waals surface area contributed by atoms with Crippen molar-refractivity contribution in [1.29, 1.82) is 0 Å². The first-order chi connectivity index (χ1) is 5.68. The van der Waals surface area contributed by atoms with Crippen molar-refractivity contribution >= 4 is 21.4 Å². The zero-order chi connectivity index (χ0) is 8.72. The highest BCUT2D eigenvalue weighted by Gasteiger charge is 2.05. The minimum Gasteiger partial charge on any atom is -0.237 e. The summed E-state index contributed by atoms with van der Waals surface area (Å²) in [7, 11) is 0. The highest BCUT2D eigenvalue weighted by atomic mass is 79.9. The van der Waals surface area contributed by atoms with Gasteiger partial charge in [0.05, 0.1) is 17.9 Å². The van der Waals surface area contributed by atoms with Gasteiger partial charge < -0.3 is 0 Å². The SMILES string of the molecule is Cc1cnn2cc(F)cc(Br)c12. The first kappa shape index (κ1) is 7.73. The Hall–Kier alpha value is -0.900. The molecular formula is C8H6BrFN2. The summed E-state index contributed by atoms with van der Waals surface area (Å²) in [5.41, 5.74) is 1.94. The molecule has 2 aromatic heterocycles. The summed E-state index contributed by atoms with van der Waals surface area (Å²) in [6.07, 6.45) is 3.06. The van der Waals surface area contributed by atoms with Gasteiger partial charge in [-0.2, -0.15) is 5.10 Å². The van der Waals surface area contributed by atoms with E-state index in [0.717, 1.165) is 15.6 Å². The van der Waals surface area contributed by atoms with Crippen LogP contribution in [-0.4, -0.2) is 9.61 Å². The van der Waals surface area contributed by atoms with Gasteiger partial charge in [0.1, 0.15) is 5.82 Å². The average molecular weight is 229 g/mol. The highest BCUT2D eigenvalue weighted by Crippen LogP contribution is 2.21. The lowest BCUT2D eigenvalue weighted by Gasteiger charge is -1.97. The Labute approximate surface area is 77.1 Å². The molecule has 0 unspecified atom stereocenters. The highest BCUT2D eigenvalue weighted by molar-refractivity contribution is 9.10. The third-order valence-electron chi connectivity index (χ3n) is 1.71. The maximum atomic E-state index is 12.8. The van der Waals surface area contributed by atoms with Crippen LogP contribution in [0.4, 0.5) is 4.39 Å². The van der Waals surface area contributed by atoms with E-state index in [4.69, 9.17) is 0 Å². The van der Waals surface area contributed by atoms with E-state index in [-0.39, 0.29) is 5.82 Å². The Morgan fingerprint density at radius 1 is 1.58 bits per heavy atom. The molecule has 62 valence electrons. The lowest BCUT2D eigenvalue weighted by atomic mass is 10.3. The molecule has 0 aromatic carbocycles. The van der Waals surface area contributed by atoms with Gasteiger partial charge >= 0.3 is 0 Å². The Morgan fingerprint density at radius 3 is 3.08 bits per heavy atom. The van der Waals surface area contributed by atoms with E-state index in [1.807, 2.05) is 6.92 Å². The molecule has 2 nitrogen and oxygen atoms in total. The van der Waals surface area contributed by atoms with E-state index >= 15 is 0 Å². The Kier molecular flexibility index (Phi) is 1.65. The van der Waals surface area contributed by atoms with Crippen LogP contribution in [0.2, 0.25) is 0 Å². The van der Waals surface area contributed by atoms with Gasteiger partial charge in [-0.1, -0.05) is 0 Å². The molecule has 0 saturated carbocycles. The Balaban J connectivity index is 2.93. The summed E-state index contributed by atoms with van der Waals surface area (Å²) in [4.78, 5) is 0. The number of hydrogen-bond acceptors (Lipinski definition) is 1. The van der Waals surface area contributed by atoms with Crippen molar-refractivity contribution in [3.63, 3.8) is 0 Å². The molecule has 0 amide bonds. The molecule has 0 atom stereocenters. The smallest absolute Gasteiger partial charge is 0.142 e. The fourth-order valence-corrected chi connectivity index (χ4v) is 1.90. The maximum absolute atomic E-state index is 12.8. The van der Waals surface area contributed by atoms with Crippen LogP contribution < -0.4 is 0 Å². The molecule has 2 rings (SSSR count). The van der Waals surface area contributed by atoms with Crippen molar-refractivity contribution in [2.45, 2.75) is 6.92 Å². The van der Waals surface area contributed by atoms with Gasteiger partial charge in [-0.3, -0.25) is 0 Å². The molecule has 0 radical (unpaired) electrons. The molecule has 0 aliphatic heterocycles. The van der Waals surface area contributed by atoms with Gasteiger partial charge in [-0.15, -0.1) is 0 Å². The summed E-state index contributed by atoms with van der Waals surface area (Å²) >= 11 is 3.28. The van der Waals surface area contributed by atoms with Gasteiger partial charge in [-0.25, -0.2) is 8.91 Å². The van der Waals surface area contributed by atoms with E-state index in [0.29, 0.717) is 0 Å². The predicted molar refractivity (Wildman–Crippen MR) is 47.6 cm³/mol. The summed E-state index contributed by atoms with van der Waals surface area (Å²) < 4.78 is 15.1. The number of aryl methyl sites for hydroxylation is 1. The number of nitrogens with zero attached hydrogens (tertiary/aromatic N) is 2. The molecule has 4 heteroatoms. The number of aromatic nitrogens is 2. The van der Waals surface area contributed by atoms with Crippen molar-refractivity contribution in [2.24, 2.45) is 0 Å². The number of hydrogen-bond donors (Lipinski definition) is 0. The van der Waals surface area contributed by atoms with Crippen molar-refractivity contribution in [1.82, 2.24) is 9.61 Å². The van der Waals surface area contributed by atoms with Crippen LogP contribution in [-0.2, 0) is 0 Å². The zero-order valence-electron chi connectivity index (χ0n) is 6.38. The third-order valence-corrected chi connectivity index (χ3v) is 2.32. The fraction of sp³-hybridized carbons (Fsp3) is 0.125. The molecule has 0 spiro atoms. The van der Waals surface area contributed by atoms with E-state index in [1.54, 1.807) is 6.20 Å². The molecule has 2 heterocycles. The third kappa shape index (κ3) is 1.03. The second-order valence-electron chi connectivity index (χ2n) is 2.63. The molecule has 12 heavy (non-hydrogen) atoms. The minimum atomic E-state index is -0.294. The fourth-order valence-electron chi connectivity index (χ4n) is 1.19. The lowest BCUT2D eigenvalue weighted by molar-refractivity contribution is 0.613.